The molecule has 6 atom stereocenters. The van der Waals surface area contributed by atoms with Gasteiger partial charge in [0.15, 0.2) is 0 Å². The minimum atomic E-state index is -1.10. The maximum Gasteiger partial charge on any atom is 0.407 e. The molecule has 16 nitrogen and oxygen atoms in total. The van der Waals surface area contributed by atoms with Crippen LogP contribution in [-0.4, -0.2) is 107 Å². The van der Waals surface area contributed by atoms with Crippen molar-refractivity contribution in [2.45, 2.75) is 90.0 Å². The summed E-state index contributed by atoms with van der Waals surface area (Å²) >= 11 is 0. The zero-order valence-electron chi connectivity index (χ0n) is 35.3. The van der Waals surface area contributed by atoms with Crippen LogP contribution in [-0.2, 0) is 23.9 Å². The summed E-state index contributed by atoms with van der Waals surface area (Å²) in [5.74, 6) is -0.702. The Morgan fingerprint density at radius 3 is 2.08 bits per heavy atom. The molecule has 3 aromatic carbocycles. The summed E-state index contributed by atoms with van der Waals surface area (Å²) in [5.41, 5.74) is 4.55. The Labute approximate surface area is 354 Å². The van der Waals surface area contributed by atoms with Gasteiger partial charge < -0.3 is 50.1 Å². The van der Waals surface area contributed by atoms with Gasteiger partial charge in [-0.3, -0.25) is 19.3 Å². The second-order valence-corrected chi connectivity index (χ2v) is 16.5. The highest BCUT2D eigenvalue weighted by Gasteiger charge is 2.41. The fourth-order valence-electron chi connectivity index (χ4n) is 8.70. The SMILES string of the molecule is COC(=O)N[C@@H](C(C)C)C(O)N1CCC[C@H]1C(=O)Nc1ccc2c(c1)OC(c1ccccc1)n1c-2cc2cc(NC(=O)[C@@H]3CCCN3C(=O)[C@@H](NC(=O)OC)C(C)C)ccc21. The van der Waals surface area contributed by atoms with E-state index in [-0.39, 0.29) is 29.6 Å². The first-order valence-electron chi connectivity index (χ1n) is 20.9. The van der Waals surface area contributed by atoms with Crippen LogP contribution in [0.25, 0.3) is 22.2 Å². The summed E-state index contributed by atoms with van der Waals surface area (Å²) in [6, 6.07) is 20.2. The number of hydrogen-bond donors (Lipinski definition) is 5. The molecule has 324 valence electrons. The molecule has 7 rings (SSSR count). The molecule has 16 heteroatoms. The molecule has 4 aromatic rings. The number of alkyl carbamates (subject to hydrolysis) is 2. The standard InChI is InChI=1S/C45H55N7O9/c1-25(2)37(48-44(57)59-5)41(55)50-20-10-14-33(50)39(53)46-29-17-19-32-28(22-29)23-35-31-18-16-30(24-36(31)61-43(52(32)35)27-12-8-7-9-13-27)47-40(54)34-15-11-21-51(34)42(56)38(26(3)4)49-45(58)60-6/h7-9,12-13,16-19,22-26,33-34,37-38,42-43,56H,10-11,14-15,20-21H2,1-6H3,(H,46,53)(H,47,54)(H,48,57)(H,49,58)/t33-,34-,37-,38-,42?,43?/m0/s1. The van der Waals surface area contributed by atoms with E-state index in [1.54, 1.807) is 15.9 Å². The summed E-state index contributed by atoms with van der Waals surface area (Å²) in [5, 5.41) is 23.6. The van der Waals surface area contributed by atoms with Gasteiger partial charge in [-0.15, -0.1) is 0 Å². The number of amides is 5. The molecular weight excluding hydrogens is 783 g/mol. The molecule has 3 aliphatic heterocycles. The Morgan fingerprint density at radius 2 is 1.39 bits per heavy atom. The van der Waals surface area contributed by atoms with Crippen molar-refractivity contribution >= 4 is 52.2 Å². The maximum absolute atomic E-state index is 13.8. The number of fused-ring (bicyclic) bond motifs is 5. The minimum absolute atomic E-state index is 0.128. The molecule has 0 saturated carbocycles. The number of aliphatic hydroxyl groups is 1. The molecule has 5 amide bonds. The van der Waals surface area contributed by atoms with Gasteiger partial charge in [0.1, 0.15) is 24.1 Å². The number of ether oxygens (including phenoxy) is 3. The van der Waals surface area contributed by atoms with Crippen molar-refractivity contribution < 1.29 is 43.3 Å². The van der Waals surface area contributed by atoms with E-state index < -0.39 is 48.8 Å². The van der Waals surface area contributed by atoms with Crippen molar-refractivity contribution in [3.05, 3.63) is 78.4 Å². The van der Waals surface area contributed by atoms with Crippen LogP contribution in [0, 0.1) is 11.8 Å². The van der Waals surface area contributed by atoms with Crippen LogP contribution in [0.15, 0.2) is 72.8 Å². The molecule has 3 aliphatic rings. The third-order valence-electron chi connectivity index (χ3n) is 11.9. The average Bonchev–Trinajstić information content (AvgIpc) is 4.03. The number of carbonyl (C=O) groups excluding carboxylic acids is 5. The van der Waals surface area contributed by atoms with E-state index in [1.165, 1.54) is 14.2 Å². The Morgan fingerprint density at radius 1 is 0.754 bits per heavy atom. The first-order chi connectivity index (χ1) is 29.3. The number of nitrogens with one attached hydrogen (secondary N) is 4. The lowest BCUT2D eigenvalue weighted by atomic mass is 10.0. The predicted molar refractivity (Wildman–Crippen MR) is 229 cm³/mol. The molecule has 0 radical (unpaired) electrons. The number of aromatic nitrogens is 1. The highest BCUT2D eigenvalue weighted by atomic mass is 16.5. The fraction of sp³-hybridized carbons (Fsp3) is 0.444. The summed E-state index contributed by atoms with van der Waals surface area (Å²) in [6.45, 7) is 8.31. The monoisotopic (exact) mass is 837 g/mol. The Balaban J connectivity index is 1.13. The van der Waals surface area contributed by atoms with Gasteiger partial charge in [-0.25, -0.2) is 9.59 Å². The van der Waals surface area contributed by atoms with E-state index in [0.717, 1.165) is 27.7 Å². The average molecular weight is 838 g/mol. The van der Waals surface area contributed by atoms with Crippen molar-refractivity contribution in [2.75, 3.05) is 37.9 Å². The number of methoxy groups -OCH3 is 2. The summed E-state index contributed by atoms with van der Waals surface area (Å²) in [7, 11) is 2.51. The molecule has 5 N–H and O–H groups in total. The van der Waals surface area contributed by atoms with Crippen LogP contribution >= 0.6 is 0 Å². The number of aliphatic hydroxyl groups excluding tert-OH is 1. The molecule has 2 fully saturated rings. The van der Waals surface area contributed by atoms with Crippen molar-refractivity contribution in [2.24, 2.45) is 11.8 Å². The zero-order chi connectivity index (χ0) is 43.5. The van der Waals surface area contributed by atoms with E-state index in [9.17, 15) is 29.1 Å². The summed E-state index contributed by atoms with van der Waals surface area (Å²) in [6.07, 6.45) is -0.637. The van der Waals surface area contributed by atoms with E-state index in [2.05, 4.69) is 25.8 Å². The minimum Gasteiger partial charge on any atom is -0.465 e. The van der Waals surface area contributed by atoms with Crippen molar-refractivity contribution in [3.8, 4) is 17.0 Å². The maximum atomic E-state index is 13.8. The number of hydrogen-bond acceptors (Lipinski definition) is 10. The molecule has 61 heavy (non-hydrogen) atoms. The third kappa shape index (κ3) is 8.86. The Kier molecular flexibility index (Phi) is 12.8. The number of rotatable bonds is 12. The third-order valence-corrected chi connectivity index (χ3v) is 11.9. The Bertz CT molecular complexity index is 2280. The van der Waals surface area contributed by atoms with Crippen LogP contribution in [0.2, 0.25) is 0 Å². The number of likely N-dealkylation sites (tertiary alicyclic amines) is 2. The molecule has 4 heterocycles. The van der Waals surface area contributed by atoms with E-state index >= 15 is 0 Å². The first kappa shape index (κ1) is 43.0. The van der Waals surface area contributed by atoms with E-state index in [0.29, 0.717) is 55.9 Å². The molecule has 0 aliphatic carbocycles. The van der Waals surface area contributed by atoms with Gasteiger partial charge in [0.25, 0.3) is 0 Å². The van der Waals surface area contributed by atoms with Gasteiger partial charge in [0.2, 0.25) is 23.9 Å². The Hall–Kier alpha value is -6.13. The quantitative estimate of drug-likeness (QED) is 0.119. The molecule has 0 spiro atoms. The number of anilines is 2. The van der Waals surface area contributed by atoms with Gasteiger partial charge in [-0.1, -0.05) is 58.0 Å². The van der Waals surface area contributed by atoms with E-state index in [1.807, 2.05) is 94.4 Å². The predicted octanol–water partition coefficient (Wildman–Crippen LogP) is 5.66. The van der Waals surface area contributed by atoms with Crippen molar-refractivity contribution in [1.82, 2.24) is 25.0 Å². The van der Waals surface area contributed by atoms with Crippen LogP contribution in [0.1, 0.15) is 65.2 Å². The van der Waals surface area contributed by atoms with Crippen LogP contribution < -0.4 is 26.0 Å². The highest BCUT2D eigenvalue weighted by Crippen LogP contribution is 2.45. The van der Waals surface area contributed by atoms with Crippen molar-refractivity contribution in [3.63, 3.8) is 0 Å². The zero-order valence-corrected chi connectivity index (χ0v) is 35.3. The smallest absolute Gasteiger partial charge is 0.407 e. The lowest BCUT2D eigenvalue weighted by Gasteiger charge is -2.36. The number of benzene rings is 3. The van der Waals surface area contributed by atoms with Crippen molar-refractivity contribution in [1.29, 1.82) is 0 Å². The lowest BCUT2D eigenvalue weighted by Crippen LogP contribution is -2.57. The van der Waals surface area contributed by atoms with Gasteiger partial charge in [-0.05, 0) is 73.9 Å². The largest absolute Gasteiger partial charge is 0.465 e. The van der Waals surface area contributed by atoms with E-state index in [4.69, 9.17) is 14.2 Å². The second-order valence-electron chi connectivity index (χ2n) is 16.5. The topological polar surface area (TPSA) is 193 Å². The van der Waals surface area contributed by atoms with Gasteiger partial charge in [0.05, 0.1) is 37.5 Å². The van der Waals surface area contributed by atoms with Gasteiger partial charge in [0, 0.05) is 47.0 Å². The van der Waals surface area contributed by atoms with Gasteiger partial charge >= 0.3 is 12.2 Å². The van der Waals surface area contributed by atoms with Crippen LogP contribution in [0.5, 0.6) is 5.75 Å². The molecule has 2 saturated heterocycles. The molecular formula is C45H55N7O9. The molecule has 0 bridgehead atoms. The second kappa shape index (κ2) is 18.2. The summed E-state index contributed by atoms with van der Waals surface area (Å²) in [4.78, 5) is 68.6. The van der Waals surface area contributed by atoms with Gasteiger partial charge in [-0.2, -0.15) is 0 Å². The first-order valence-corrected chi connectivity index (χ1v) is 20.9. The normalized spacial score (nSPS) is 20.0. The molecule has 1 aromatic heterocycles. The fourth-order valence-corrected chi connectivity index (χ4v) is 8.70. The lowest BCUT2D eigenvalue weighted by molar-refractivity contribution is -0.139. The molecule has 2 unspecified atom stereocenters. The number of carbonyl (C=O) groups is 5. The van der Waals surface area contributed by atoms with Crippen LogP contribution in [0.4, 0.5) is 21.0 Å². The summed E-state index contributed by atoms with van der Waals surface area (Å²) < 4.78 is 18.4. The number of nitrogens with zero attached hydrogens (tertiary/aromatic N) is 3. The van der Waals surface area contributed by atoms with Crippen LogP contribution in [0.3, 0.4) is 0 Å². The highest BCUT2D eigenvalue weighted by molar-refractivity contribution is 6.01.